The summed E-state index contributed by atoms with van der Waals surface area (Å²) in [4.78, 5) is 14.7. The fourth-order valence-electron chi connectivity index (χ4n) is 1.62. The van der Waals surface area contributed by atoms with Crippen molar-refractivity contribution in [2.45, 2.75) is 13.5 Å². The minimum absolute atomic E-state index is 0.195. The second kappa shape index (κ2) is 5.27. The lowest BCUT2D eigenvalue weighted by Crippen LogP contribution is -1.99. The molecule has 2 N–H and O–H groups in total. The minimum Gasteiger partial charge on any atom is -0.486 e. The van der Waals surface area contributed by atoms with Crippen LogP contribution in [0.1, 0.15) is 11.3 Å². The van der Waals surface area contributed by atoms with E-state index in [-0.39, 0.29) is 5.69 Å². The maximum absolute atomic E-state index is 10.8. The molecule has 2 rings (SSSR count). The molecule has 1 aromatic heterocycles. The molecule has 5 nitrogen and oxygen atoms in total. The lowest BCUT2D eigenvalue weighted by Gasteiger charge is -2.09. The predicted octanol–water partition coefficient (Wildman–Crippen LogP) is 2.95. The van der Waals surface area contributed by atoms with E-state index in [1.54, 1.807) is 6.92 Å². The second-order valence-corrected chi connectivity index (χ2v) is 3.84. The van der Waals surface area contributed by atoms with Crippen molar-refractivity contribution < 1.29 is 4.74 Å². The van der Waals surface area contributed by atoms with Gasteiger partial charge < -0.3 is 10.5 Å². The van der Waals surface area contributed by atoms with Crippen LogP contribution in [0.4, 0.5) is 11.5 Å². The topological polar surface area (TPSA) is 77.6 Å². The fraction of sp³-hybridized carbons (Fsp3) is 0.154. The van der Waals surface area contributed by atoms with Gasteiger partial charge in [-0.05, 0) is 17.7 Å². The molecule has 0 radical (unpaired) electrons. The Morgan fingerprint density at radius 2 is 2.06 bits per heavy atom. The van der Waals surface area contributed by atoms with Gasteiger partial charge in [0.2, 0.25) is 0 Å². The third-order valence-corrected chi connectivity index (χ3v) is 2.48. The van der Waals surface area contributed by atoms with Crippen molar-refractivity contribution in [2.75, 3.05) is 5.73 Å². The number of aryl methyl sites for hydroxylation is 1. The Labute approximate surface area is 105 Å². The normalized spacial score (nSPS) is 10.1. The van der Waals surface area contributed by atoms with E-state index in [4.69, 9.17) is 10.5 Å². The highest BCUT2D eigenvalue weighted by Crippen LogP contribution is 2.32. The van der Waals surface area contributed by atoms with Crippen molar-refractivity contribution in [3.8, 4) is 5.75 Å². The van der Waals surface area contributed by atoms with Gasteiger partial charge in [-0.2, -0.15) is 0 Å². The molecule has 2 aromatic rings. The first-order valence-corrected chi connectivity index (χ1v) is 5.48. The number of benzene rings is 1. The van der Waals surface area contributed by atoms with Crippen LogP contribution in [0.5, 0.6) is 5.75 Å². The number of nitrogen functional groups attached to an aromatic ring is 1. The summed E-state index contributed by atoms with van der Waals surface area (Å²) in [5.74, 6) is 0.668. The molecule has 92 valence electrons. The summed E-state index contributed by atoms with van der Waals surface area (Å²) in [6, 6.07) is 11.1. The molecule has 0 fully saturated rings. The molecule has 0 aliphatic carbocycles. The molecule has 0 aliphatic heterocycles. The van der Waals surface area contributed by atoms with Crippen LogP contribution in [-0.4, -0.2) is 4.98 Å². The average Bonchev–Trinajstić information content (AvgIpc) is 2.37. The van der Waals surface area contributed by atoms with E-state index in [1.807, 2.05) is 30.3 Å². The second-order valence-electron chi connectivity index (χ2n) is 3.84. The molecule has 0 atom stereocenters. The lowest BCUT2D eigenvalue weighted by atomic mass is 10.2. The van der Waals surface area contributed by atoms with Crippen LogP contribution in [0, 0.1) is 11.8 Å². The van der Waals surface area contributed by atoms with Crippen LogP contribution in [0.3, 0.4) is 0 Å². The van der Waals surface area contributed by atoms with Crippen LogP contribution >= 0.6 is 0 Å². The van der Waals surface area contributed by atoms with Gasteiger partial charge in [-0.1, -0.05) is 30.3 Å². The van der Waals surface area contributed by atoms with Crippen LogP contribution in [0.25, 0.3) is 0 Å². The van der Waals surface area contributed by atoms with Crippen LogP contribution in [-0.2, 0) is 6.61 Å². The average molecular weight is 243 g/mol. The van der Waals surface area contributed by atoms with Crippen molar-refractivity contribution in [3.63, 3.8) is 0 Å². The highest BCUT2D eigenvalue weighted by atomic mass is 16.5. The largest absolute Gasteiger partial charge is 0.486 e. The monoisotopic (exact) mass is 243 g/mol. The van der Waals surface area contributed by atoms with Crippen LogP contribution in [0.15, 0.2) is 41.6 Å². The zero-order valence-electron chi connectivity index (χ0n) is 9.96. The zero-order valence-corrected chi connectivity index (χ0v) is 9.96. The number of nitrogens with zero attached hydrogens (tertiary/aromatic N) is 2. The van der Waals surface area contributed by atoms with Crippen LogP contribution < -0.4 is 10.5 Å². The summed E-state index contributed by atoms with van der Waals surface area (Å²) >= 11 is 0. The third-order valence-electron chi connectivity index (χ3n) is 2.48. The van der Waals surface area contributed by atoms with E-state index in [2.05, 4.69) is 10.2 Å². The molecular weight excluding hydrogens is 230 g/mol. The highest BCUT2D eigenvalue weighted by molar-refractivity contribution is 5.59. The van der Waals surface area contributed by atoms with E-state index in [9.17, 15) is 4.91 Å². The zero-order chi connectivity index (χ0) is 13.0. The Balaban J connectivity index is 2.21. The Kier molecular flexibility index (Phi) is 3.52. The number of pyridine rings is 1. The molecular formula is C13H13N3O2. The number of anilines is 1. The van der Waals surface area contributed by atoms with Gasteiger partial charge in [-0.15, -0.1) is 4.91 Å². The van der Waals surface area contributed by atoms with Gasteiger partial charge in [0.15, 0.2) is 11.4 Å². The Morgan fingerprint density at radius 1 is 1.33 bits per heavy atom. The molecule has 5 heteroatoms. The smallest absolute Gasteiger partial charge is 0.171 e. The van der Waals surface area contributed by atoms with Gasteiger partial charge in [-0.25, -0.2) is 4.98 Å². The fourth-order valence-corrected chi connectivity index (χ4v) is 1.62. The van der Waals surface area contributed by atoms with Gasteiger partial charge in [-0.3, -0.25) is 0 Å². The lowest BCUT2D eigenvalue weighted by molar-refractivity contribution is 0.307. The van der Waals surface area contributed by atoms with Crippen LogP contribution in [0.2, 0.25) is 0 Å². The summed E-state index contributed by atoms with van der Waals surface area (Å²) in [6.07, 6.45) is 0. The maximum atomic E-state index is 10.8. The molecule has 0 unspecified atom stereocenters. The number of ether oxygens (including phenoxy) is 1. The standard InChI is InChI=1S/C13H13N3O2/c1-9-13(16-17)11(7-12(14)15-9)18-8-10-5-3-2-4-6-10/h2-7H,8H2,1H3,(H2,14,15). The Bertz CT molecular complexity index is 556. The quantitative estimate of drug-likeness (QED) is 0.837. The molecule has 0 saturated heterocycles. The van der Waals surface area contributed by atoms with E-state index in [0.29, 0.717) is 23.9 Å². The van der Waals surface area contributed by atoms with Crippen molar-refractivity contribution in [2.24, 2.45) is 5.18 Å². The van der Waals surface area contributed by atoms with Crippen molar-refractivity contribution >= 4 is 11.5 Å². The van der Waals surface area contributed by atoms with E-state index in [1.165, 1.54) is 6.07 Å². The number of nitrogens with two attached hydrogens (primary N) is 1. The SMILES string of the molecule is Cc1nc(N)cc(OCc2ccccc2)c1N=O. The molecule has 0 bridgehead atoms. The first-order chi connectivity index (χ1) is 8.70. The molecule has 1 aromatic carbocycles. The first-order valence-electron chi connectivity index (χ1n) is 5.48. The molecule has 1 heterocycles. The van der Waals surface area contributed by atoms with Gasteiger partial charge in [0.05, 0.1) is 5.69 Å². The number of rotatable bonds is 4. The molecule has 0 aliphatic rings. The summed E-state index contributed by atoms with van der Waals surface area (Å²) < 4.78 is 5.56. The van der Waals surface area contributed by atoms with Gasteiger partial charge >= 0.3 is 0 Å². The van der Waals surface area contributed by atoms with Gasteiger partial charge in [0.1, 0.15) is 12.4 Å². The molecule has 0 spiro atoms. The van der Waals surface area contributed by atoms with E-state index < -0.39 is 0 Å². The van der Waals surface area contributed by atoms with Crippen molar-refractivity contribution in [3.05, 3.63) is 52.6 Å². The number of hydrogen-bond donors (Lipinski definition) is 1. The van der Waals surface area contributed by atoms with E-state index >= 15 is 0 Å². The van der Waals surface area contributed by atoms with Gasteiger partial charge in [0, 0.05) is 6.07 Å². The Morgan fingerprint density at radius 3 is 2.72 bits per heavy atom. The van der Waals surface area contributed by atoms with Gasteiger partial charge in [0.25, 0.3) is 0 Å². The number of aromatic nitrogens is 1. The maximum Gasteiger partial charge on any atom is 0.171 e. The third kappa shape index (κ3) is 2.63. The molecule has 0 amide bonds. The summed E-state index contributed by atoms with van der Waals surface area (Å²) in [6.45, 7) is 2.02. The summed E-state index contributed by atoms with van der Waals surface area (Å²) in [5, 5.41) is 2.93. The number of nitroso groups, excluding NO2 is 1. The highest BCUT2D eigenvalue weighted by Gasteiger charge is 2.10. The molecule has 0 saturated carbocycles. The first kappa shape index (κ1) is 12.0. The van der Waals surface area contributed by atoms with Crippen molar-refractivity contribution in [1.29, 1.82) is 0 Å². The number of hydrogen-bond acceptors (Lipinski definition) is 5. The summed E-state index contributed by atoms with van der Waals surface area (Å²) in [7, 11) is 0. The predicted molar refractivity (Wildman–Crippen MR) is 69.6 cm³/mol. The van der Waals surface area contributed by atoms with Crippen molar-refractivity contribution in [1.82, 2.24) is 4.98 Å². The summed E-state index contributed by atoms with van der Waals surface area (Å²) in [5.41, 5.74) is 7.28. The minimum atomic E-state index is 0.195. The van der Waals surface area contributed by atoms with E-state index in [0.717, 1.165) is 5.56 Å². The molecule has 18 heavy (non-hydrogen) atoms. The Hall–Kier alpha value is -2.43.